The second kappa shape index (κ2) is 4.90. The van der Waals surface area contributed by atoms with Gasteiger partial charge in [0.2, 0.25) is 5.91 Å². The molecule has 1 amide bonds. The van der Waals surface area contributed by atoms with Crippen molar-refractivity contribution in [2.24, 2.45) is 11.1 Å². The highest BCUT2D eigenvalue weighted by atomic mass is 32.1. The van der Waals surface area contributed by atoms with E-state index in [4.69, 9.17) is 22.7 Å². The number of ether oxygens (including phenoxy) is 1. The van der Waals surface area contributed by atoms with E-state index in [1.807, 2.05) is 13.8 Å². The lowest BCUT2D eigenvalue weighted by Crippen LogP contribution is -2.51. The number of amides is 1. The van der Waals surface area contributed by atoms with Gasteiger partial charge in [-0.1, -0.05) is 19.1 Å². The van der Waals surface area contributed by atoms with E-state index in [1.54, 1.807) is 4.90 Å². The van der Waals surface area contributed by atoms with Gasteiger partial charge >= 0.3 is 0 Å². The number of morpholine rings is 1. The Balaban J connectivity index is 2.75. The van der Waals surface area contributed by atoms with Gasteiger partial charge in [0.25, 0.3) is 0 Å². The molecule has 2 N–H and O–H groups in total. The Morgan fingerprint density at radius 1 is 1.53 bits per heavy atom. The molecule has 1 unspecified atom stereocenters. The summed E-state index contributed by atoms with van der Waals surface area (Å²) in [5.74, 6) is 0.0285. The van der Waals surface area contributed by atoms with E-state index in [0.717, 1.165) is 0 Å². The molecule has 1 heterocycles. The van der Waals surface area contributed by atoms with Crippen molar-refractivity contribution >= 4 is 23.1 Å². The third-order valence-corrected chi connectivity index (χ3v) is 3.47. The van der Waals surface area contributed by atoms with E-state index in [0.29, 0.717) is 32.7 Å². The van der Waals surface area contributed by atoms with Crippen molar-refractivity contribution in [2.45, 2.75) is 20.3 Å². The predicted molar refractivity (Wildman–Crippen MR) is 62.6 cm³/mol. The smallest absolute Gasteiger partial charge is 0.235 e. The number of thiocarbonyl (C=S) groups is 1. The highest BCUT2D eigenvalue weighted by molar-refractivity contribution is 7.80. The fourth-order valence-electron chi connectivity index (χ4n) is 1.55. The lowest BCUT2D eigenvalue weighted by Gasteiger charge is -2.35. The zero-order valence-corrected chi connectivity index (χ0v) is 10.1. The van der Waals surface area contributed by atoms with E-state index in [2.05, 4.69) is 0 Å². The fraction of sp³-hybridized carbons (Fsp3) is 0.800. The van der Waals surface area contributed by atoms with Gasteiger partial charge in [-0.05, 0) is 13.3 Å². The van der Waals surface area contributed by atoms with Crippen LogP contribution >= 0.6 is 12.2 Å². The Morgan fingerprint density at radius 3 is 2.47 bits per heavy atom. The van der Waals surface area contributed by atoms with E-state index < -0.39 is 5.41 Å². The minimum Gasteiger partial charge on any atom is -0.392 e. The zero-order valence-electron chi connectivity index (χ0n) is 9.28. The monoisotopic (exact) mass is 230 g/mol. The van der Waals surface area contributed by atoms with Crippen LogP contribution in [0.5, 0.6) is 0 Å². The quantitative estimate of drug-likeness (QED) is 0.719. The Kier molecular flexibility index (Phi) is 4.04. The maximum Gasteiger partial charge on any atom is 0.235 e. The molecular formula is C10H18N2O2S. The van der Waals surface area contributed by atoms with Gasteiger partial charge in [0.1, 0.15) is 0 Å². The van der Waals surface area contributed by atoms with Crippen LogP contribution in [-0.2, 0) is 9.53 Å². The molecule has 1 aliphatic rings. The molecule has 0 aromatic rings. The van der Waals surface area contributed by atoms with Gasteiger partial charge in [-0.25, -0.2) is 0 Å². The Morgan fingerprint density at radius 2 is 2.07 bits per heavy atom. The molecule has 0 spiro atoms. The third-order valence-electron chi connectivity index (χ3n) is 3.02. The Bertz CT molecular complexity index is 264. The van der Waals surface area contributed by atoms with Crippen LogP contribution in [0.1, 0.15) is 20.3 Å². The lowest BCUT2D eigenvalue weighted by atomic mass is 9.85. The van der Waals surface area contributed by atoms with E-state index in [-0.39, 0.29) is 10.9 Å². The van der Waals surface area contributed by atoms with Crippen LogP contribution in [0.15, 0.2) is 0 Å². The van der Waals surface area contributed by atoms with Crippen LogP contribution in [0.2, 0.25) is 0 Å². The first-order valence-electron chi connectivity index (χ1n) is 5.19. The molecule has 1 aliphatic heterocycles. The average molecular weight is 230 g/mol. The van der Waals surface area contributed by atoms with E-state index >= 15 is 0 Å². The number of nitrogens with zero attached hydrogens (tertiary/aromatic N) is 1. The molecule has 0 aliphatic carbocycles. The van der Waals surface area contributed by atoms with Gasteiger partial charge in [0, 0.05) is 13.1 Å². The van der Waals surface area contributed by atoms with E-state index in [1.165, 1.54) is 0 Å². The van der Waals surface area contributed by atoms with Gasteiger partial charge in [0.15, 0.2) is 0 Å². The highest BCUT2D eigenvalue weighted by Crippen LogP contribution is 2.25. The molecule has 86 valence electrons. The van der Waals surface area contributed by atoms with Gasteiger partial charge in [-0.2, -0.15) is 0 Å². The summed E-state index contributed by atoms with van der Waals surface area (Å²) in [7, 11) is 0. The average Bonchev–Trinajstić information content (AvgIpc) is 2.28. The van der Waals surface area contributed by atoms with E-state index in [9.17, 15) is 4.79 Å². The maximum atomic E-state index is 12.2. The minimum atomic E-state index is -0.702. The normalized spacial score (nSPS) is 20.8. The summed E-state index contributed by atoms with van der Waals surface area (Å²) >= 11 is 4.97. The minimum absolute atomic E-state index is 0.0285. The largest absolute Gasteiger partial charge is 0.392 e. The fourth-order valence-corrected chi connectivity index (χ4v) is 1.78. The number of carbonyl (C=O) groups excluding carboxylic acids is 1. The standard InChI is InChI=1S/C10H18N2O2S/c1-3-10(2,8(11)15)9(13)12-4-6-14-7-5-12/h3-7H2,1-2H3,(H2,11,15). The number of rotatable bonds is 3. The summed E-state index contributed by atoms with van der Waals surface area (Å²) in [4.78, 5) is 14.3. The second-order valence-corrected chi connectivity index (χ2v) is 4.39. The van der Waals surface area contributed by atoms with Crippen molar-refractivity contribution in [3.8, 4) is 0 Å². The van der Waals surface area contributed by atoms with Crippen molar-refractivity contribution < 1.29 is 9.53 Å². The van der Waals surface area contributed by atoms with Gasteiger partial charge in [-0.3, -0.25) is 4.79 Å². The van der Waals surface area contributed by atoms with Gasteiger partial charge < -0.3 is 15.4 Å². The van der Waals surface area contributed by atoms with Crippen LogP contribution in [0.25, 0.3) is 0 Å². The molecule has 0 aromatic carbocycles. The summed E-state index contributed by atoms with van der Waals surface area (Å²) < 4.78 is 5.20. The lowest BCUT2D eigenvalue weighted by molar-refractivity contribution is -0.141. The maximum absolute atomic E-state index is 12.2. The molecule has 1 rings (SSSR count). The number of nitrogens with two attached hydrogens (primary N) is 1. The molecule has 15 heavy (non-hydrogen) atoms. The number of hydrogen-bond donors (Lipinski definition) is 1. The highest BCUT2D eigenvalue weighted by Gasteiger charge is 2.38. The van der Waals surface area contributed by atoms with Crippen LogP contribution in [0.3, 0.4) is 0 Å². The Labute approximate surface area is 95.8 Å². The number of hydrogen-bond acceptors (Lipinski definition) is 3. The zero-order chi connectivity index (χ0) is 11.5. The van der Waals surface area contributed by atoms with Gasteiger partial charge in [-0.15, -0.1) is 0 Å². The summed E-state index contributed by atoms with van der Waals surface area (Å²) in [5.41, 5.74) is 4.94. The summed E-state index contributed by atoms with van der Waals surface area (Å²) in [6.45, 7) is 6.21. The summed E-state index contributed by atoms with van der Waals surface area (Å²) in [6, 6.07) is 0. The molecule has 1 atom stereocenters. The van der Waals surface area contributed by atoms with Crippen molar-refractivity contribution in [1.29, 1.82) is 0 Å². The van der Waals surface area contributed by atoms with Crippen LogP contribution in [-0.4, -0.2) is 42.1 Å². The van der Waals surface area contributed by atoms with Crippen LogP contribution < -0.4 is 5.73 Å². The molecule has 0 bridgehead atoms. The molecule has 0 radical (unpaired) electrons. The van der Waals surface area contributed by atoms with Crippen LogP contribution in [0, 0.1) is 5.41 Å². The SMILES string of the molecule is CCC(C)(C(=O)N1CCOCC1)C(N)=S. The van der Waals surface area contributed by atoms with Crippen molar-refractivity contribution in [3.05, 3.63) is 0 Å². The predicted octanol–water partition coefficient (Wildman–Crippen LogP) is 0.548. The van der Waals surface area contributed by atoms with Gasteiger partial charge in [0.05, 0.1) is 23.6 Å². The molecule has 5 heteroatoms. The summed E-state index contributed by atoms with van der Waals surface area (Å²) in [6.07, 6.45) is 0.637. The van der Waals surface area contributed by atoms with Crippen molar-refractivity contribution in [2.75, 3.05) is 26.3 Å². The van der Waals surface area contributed by atoms with Crippen LogP contribution in [0.4, 0.5) is 0 Å². The molecule has 4 nitrogen and oxygen atoms in total. The summed E-state index contributed by atoms with van der Waals surface area (Å²) in [5, 5.41) is 0. The van der Waals surface area contributed by atoms with Crippen molar-refractivity contribution in [1.82, 2.24) is 4.90 Å². The second-order valence-electron chi connectivity index (χ2n) is 3.95. The molecule has 1 saturated heterocycles. The Hall–Kier alpha value is -0.680. The first kappa shape index (κ1) is 12.4. The topological polar surface area (TPSA) is 55.6 Å². The number of carbonyl (C=O) groups is 1. The molecule has 1 fully saturated rings. The first-order valence-corrected chi connectivity index (χ1v) is 5.60. The molecular weight excluding hydrogens is 212 g/mol. The van der Waals surface area contributed by atoms with Crippen molar-refractivity contribution in [3.63, 3.8) is 0 Å². The third kappa shape index (κ3) is 2.46. The molecule has 0 aromatic heterocycles. The molecule has 0 saturated carbocycles. The first-order chi connectivity index (χ1) is 7.02.